The van der Waals surface area contributed by atoms with Crippen molar-refractivity contribution in [2.75, 3.05) is 18.9 Å². The van der Waals surface area contributed by atoms with E-state index in [-0.39, 0.29) is 5.91 Å². The van der Waals surface area contributed by atoms with Gasteiger partial charge >= 0.3 is 0 Å². The second-order valence-electron chi connectivity index (χ2n) is 5.76. The number of unbranched alkanes of at least 4 members (excludes halogenated alkanes) is 5. The Bertz CT molecular complexity index is 466. The molecule has 0 aliphatic rings. The number of anilines is 1. The molecule has 1 rings (SSSR count). The van der Waals surface area contributed by atoms with Crippen LogP contribution < -0.4 is 15.8 Å². The average Bonchev–Trinajstić information content (AvgIpc) is 2.54. The molecule has 0 aliphatic carbocycles. The molecular weight excluding hydrogens is 308 g/mol. The molecule has 0 aliphatic heterocycles. The normalized spacial score (nSPS) is 10.5. The van der Waals surface area contributed by atoms with Gasteiger partial charge in [0, 0.05) is 17.9 Å². The summed E-state index contributed by atoms with van der Waals surface area (Å²) in [7, 11) is 0. The number of ether oxygens (including phenoxy) is 1. The van der Waals surface area contributed by atoms with Gasteiger partial charge in [-0.1, -0.05) is 32.3 Å². The van der Waals surface area contributed by atoms with Crippen LogP contribution in [0.25, 0.3) is 0 Å². The summed E-state index contributed by atoms with van der Waals surface area (Å²) in [6, 6.07) is 5.58. The summed E-state index contributed by atoms with van der Waals surface area (Å²) >= 11 is 4.27. The smallest absolute Gasteiger partial charge is 0.219 e. The van der Waals surface area contributed by atoms with Crippen molar-refractivity contribution in [2.45, 2.75) is 63.2 Å². The summed E-state index contributed by atoms with van der Waals surface area (Å²) in [4.78, 5) is 12.3. The minimum absolute atomic E-state index is 0.177. The fourth-order valence-corrected chi connectivity index (χ4v) is 2.47. The number of thiol groups is 1. The Morgan fingerprint density at radius 1 is 1.17 bits per heavy atom. The zero-order chi connectivity index (χ0) is 16.9. The van der Waals surface area contributed by atoms with E-state index in [4.69, 9.17) is 10.5 Å². The molecule has 0 heterocycles. The van der Waals surface area contributed by atoms with Gasteiger partial charge in [0.25, 0.3) is 0 Å². The standard InChI is InChI=1S/C18H30N2O2S/c1-2-3-4-6-12-17(21)20-13-7-5-8-14-22-15-10-9-11-16(23)18(15)19/h9-11,23H,2-8,12-14,19H2,1H3,(H,20,21). The number of rotatable bonds is 12. The second kappa shape index (κ2) is 12.1. The van der Waals surface area contributed by atoms with Gasteiger partial charge in [0.1, 0.15) is 5.75 Å². The summed E-state index contributed by atoms with van der Waals surface area (Å²) in [5.74, 6) is 0.869. The maximum Gasteiger partial charge on any atom is 0.219 e. The molecule has 1 aromatic carbocycles. The molecule has 5 heteroatoms. The Balaban J connectivity index is 1.99. The Morgan fingerprint density at radius 3 is 2.74 bits per heavy atom. The van der Waals surface area contributed by atoms with Gasteiger partial charge in [-0.2, -0.15) is 0 Å². The lowest BCUT2D eigenvalue weighted by atomic mass is 10.1. The van der Waals surface area contributed by atoms with Crippen LogP contribution in [-0.2, 0) is 4.79 Å². The summed E-state index contributed by atoms with van der Waals surface area (Å²) < 4.78 is 5.66. The Labute approximate surface area is 145 Å². The lowest BCUT2D eigenvalue weighted by Crippen LogP contribution is -2.24. The molecule has 0 aromatic heterocycles. The van der Waals surface area contributed by atoms with Crippen LogP contribution in [0.5, 0.6) is 5.75 Å². The first-order valence-corrected chi connectivity index (χ1v) is 9.06. The molecule has 23 heavy (non-hydrogen) atoms. The second-order valence-corrected chi connectivity index (χ2v) is 6.24. The van der Waals surface area contributed by atoms with Gasteiger partial charge in [0.05, 0.1) is 12.3 Å². The molecule has 0 atom stereocenters. The molecule has 0 bridgehead atoms. The number of hydrogen-bond donors (Lipinski definition) is 3. The topological polar surface area (TPSA) is 64.3 Å². The van der Waals surface area contributed by atoms with Crippen LogP contribution >= 0.6 is 12.6 Å². The molecule has 130 valence electrons. The van der Waals surface area contributed by atoms with E-state index >= 15 is 0 Å². The molecule has 1 aromatic rings. The number of benzene rings is 1. The van der Waals surface area contributed by atoms with E-state index in [1.54, 1.807) is 0 Å². The fourth-order valence-electron chi connectivity index (χ4n) is 2.27. The van der Waals surface area contributed by atoms with Gasteiger partial charge in [-0.25, -0.2) is 0 Å². The monoisotopic (exact) mass is 338 g/mol. The van der Waals surface area contributed by atoms with Gasteiger partial charge in [-0.05, 0) is 37.8 Å². The maximum atomic E-state index is 11.6. The number of para-hydroxylation sites is 1. The van der Waals surface area contributed by atoms with E-state index in [1.165, 1.54) is 12.8 Å². The van der Waals surface area contributed by atoms with Crippen LogP contribution in [0.2, 0.25) is 0 Å². The predicted octanol–water partition coefficient (Wildman–Crippen LogP) is 4.19. The summed E-state index contributed by atoms with van der Waals surface area (Å²) in [6.07, 6.45) is 8.17. The summed E-state index contributed by atoms with van der Waals surface area (Å²) in [5, 5.41) is 2.97. The number of hydrogen-bond acceptors (Lipinski definition) is 4. The van der Waals surface area contributed by atoms with Crippen molar-refractivity contribution in [3.63, 3.8) is 0 Å². The van der Waals surface area contributed by atoms with E-state index in [0.29, 0.717) is 24.5 Å². The van der Waals surface area contributed by atoms with Gasteiger partial charge in [0.15, 0.2) is 0 Å². The molecule has 0 radical (unpaired) electrons. The average molecular weight is 339 g/mol. The summed E-state index contributed by atoms with van der Waals surface area (Å²) in [6.45, 7) is 3.56. The molecular formula is C18H30N2O2S. The van der Waals surface area contributed by atoms with Gasteiger partial charge in [-0.3, -0.25) is 4.79 Å². The van der Waals surface area contributed by atoms with Gasteiger partial charge in [0.2, 0.25) is 5.91 Å². The number of nitrogens with one attached hydrogen (secondary N) is 1. The van der Waals surface area contributed by atoms with Crippen molar-refractivity contribution in [3.05, 3.63) is 18.2 Å². The number of carbonyl (C=O) groups is 1. The highest BCUT2D eigenvalue weighted by Gasteiger charge is 2.03. The van der Waals surface area contributed by atoms with Crippen molar-refractivity contribution in [2.24, 2.45) is 0 Å². The van der Waals surface area contributed by atoms with Crippen LogP contribution in [0.15, 0.2) is 23.1 Å². The quantitative estimate of drug-likeness (QED) is 0.304. The molecule has 0 saturated heterocycles. The van der Waals surface area contributed by atoms with Crippen molar-refractivity contribution in [1.29, 1.82) is 0 Å². The molecule has 1 amide bonds. The third-order valence-electron chi connectivity index (χ3n) is 3.70. The van der Waals surface area contributed by atoms with Crippen LogP contribution in [0, 0.1) is 0 Å². The Hall–Kier alpha value is -1.36. The fraction of sp³-hybridized carbons (Fsp3) is 0.611. The lowest BCUT2D eigenvalue weighted by molar-refractivity contribution is -0.121. The number of carbonyl (C=O) groups excluding carboxylic acids is 1. The number of nitrogen functional groups attached to an aromatic ring is 1. The highest BCUT2D eigenvalue weighted by Crippen LogP contribution is 2.27. The SMILES string of the molecule is CCCCCCC(=O)NCCCCCOc1cccc(S)c1N. The van der Waals surface area contributed by atoms with Crippen LogP contribution in [0.4, 0.5) is 5.69 Å². The van der Waals surface area contributed by atoms with Crippen LogP contribution in [-0.4, -0.2) is 19.1 Å². The molecule has 3 N–H and O–H groups in total. The van der Waals surface area contributed by atoms with Crippen LogP contribution in [0.3, 0.4) is 0 Å². The largest absolute Gasteiger partial charge is 0.491 e. The Morgan fingerprint density at radius 2 is 1.96 bits per heavy atom. The van der Waals surface area contributed by atoms with E-state index in [0.717, 1.165) is 43.5 Å². The third-order valence-corrected chi connectivity index (χ3v) is 4.09. The minimum atomic E-state index is 0.177. The Kier molecular flexibility index (Phi) is 10.4. The van der Waals surface area contributed by atoms with Gasteiger partial charge < -0.3 is 15.8 Å². The van der Waals surface area contributed by atoms with E-state index in [1.807, 2.05) is 18.2 Å². The molecule has 0 fully saturated rings. The molecule has 0 saturated carbocycles. The zero-order valence-corrected chi connectivity index (χ0v) is 15.0. The first-order valence-electron chi connectivity index (χ1n) is 8.62. The lowest BCUT2D eigenvalue weighted by Gasteiger charge is -2.10. The van der Waals surface area contributed by atoms with Crippen molar-refractivity contribution < 1.29 is 9.53 Å². The first kappa shape index (κ1) is 19.7. The molecule has 4 nitrogen and oxygen atoms in total. The van der Waals surface area contributed by atoms with E-state index in [9.17, 15) is 4.79 Å². The highest BCUT2D eigenvalue weighted by atomic mass is 32.1. The van der Waals surface area contributed by atoms with Crippen molar-refractivity contribution >= 4 is 24.2 Å². The predicted molar refractivity (Wildman–Crippen MR) is 99.2 cm³/mol. The molecule has 0 spiro atoms. The van der Waals surface area contributed by atoms with Crippen LogP contribution in [0.1, 0.15) is 58.3 Å². The summed E-state index contributed by atoms with van der Waals surface area (Å²) in [5.41, 5.74) is 6.48. The number of amides is 1. The maximum absolute atomic E-state index is 11.6. The zero-order valence-electron chi connectivity index (χ0n) is 14.1. The van der Waals surface area contributed by atoms with E-state index in [2.05, 4.69) is 24.9 Å². The first-order chi connectivity index (χ1) is 11.1. The molecule has 0 unspecified atom stereocenters. The minimum Gasteiger partial charge on any atom is -0.491 e. The van der Waals surface area contributed by atoms with E-state index < -0.39 is 0 Å². The third kappa shape index (κ3) is 8.74. The van der Waals surface area contributed by atoms with Crippen molar-refractivity contribution in [3.8, 4) is 5.75 Å². The van der Waals surface area contributed by atoms with Crippen molar-refractivity contribution in [1.82, 2.24) is 5.32 Å². The van der Waals surface area contributed by atoms with Gasteiger partial charge in [-0.15, -0.1) is 12.6 Å². The number of nitrogens with two attached hydrogens (primary N) is 1. The highest BCUT2D eigenvalue weighted by molar-refractivity contribution is 7.80.